The van der Waals surface area contributed by atoms with Gasteiger partial charge in [-0.1, -0.05) is 36.8 Å². The second-order valence-corrected chi connectivity index (χ2v) is 3.68. The summed E-state index contributed by atoms with van der Waals surface area (Å²) in [6, 6.07) is 8.05. The fourth-order valence-corrected chi connectivity index (χ4v) is 1.44. The summed E-state index contributed by atoms with van der Waals surface area (Å²) in [5, 5.41) is 7.12. The zero-order chi connectivity index (χ0) is 10.6. The van der Waals surface area contributed by atoms with E-state index in [1.807, 2.05) is 38.1 Å². The van der Waals surface area contributed by atoms with Gasteiger partial charge in [-0.15, -0.1) is 0 Å². The third-order valence-electron chi connectivity index (χ3n) is 2.64. The highest BCUT2D eigenvalue weighted by atomic mass is 19.1. The molecule has 2 heteroatoms. The van der Waals surface area contributed by atoms with E-state index in [1.54, 1.807) is 0 Å². The second-order valence-electron chi connectivity index (χ2n) is 3.68. The first kappa shape index (κ1) is 10.9. The molecule has 2 atom stereocenters. The molecule has 0 radical (unpaired) electrons. The van der Waals surface area contributed by atoms with Crippen molar-refractivity contribution in [3.63, 3.8) is 0 Å². The first-order valence-corrected chi connectivity index (χ1v) is 4.82. The summed E-state index contributed by atoms with van der Waals surface area (Å²) in [5.41, 5.74) is 2.30. The molecule has 0 spiro atoms. The molecule has 0 bridgehead atoms. The van der Waals surface area contributed by atoms with Gasteiger partial charge in [0.1, 0.15) is 0 Å². The van der Waals surface area contributed by atoms with Crippen LogP contribution in [0.1, 0.15) is 24.0 Å². The summed E-state index contributed by atoms with van der Waals surface area (Å²) >= 11 is 0. The predicted molar refractivity (Wildman–Crippen MR) is 57.8 cm³/mol. The van der Waals surface area contributed by atoms with Crippen molar-refractivity contribution in [2.75, 3.05) is 6.67 Å². The van der Waals surface area contributed by atoms with Crippen LogP contribution >= 0.6 is 0 Å². The summed E-state index contributed by atoms with van der Waals surface area (Å²) in [4.78, 5) is 0. The van der Waals surface area contributed by atoms with Crippen molar-refractivity contribution in [1.29, 1.82) is 5.41 Å². The highest BCUT2D eigenvalue weighted by Gasteiger charge is 2.16. The van der Waals surface area contributed by atoms with Gasteiger partial charge in [-0.05, 0) is 18.4 Å². The number of alkyl halides is 1. The molecule has 0 aromatic heterocycles. The van der Waals surface area contributed by atoms with Crippen LogP contribution in [-0.2, 0) is 0 Å². The van der Waals surface area contributed by atoms with Crippen LogP contribution in [0.25, 0.3) is 0 Å². The summed E-state index contributed by atoms with van der Waals surface area (Å²) < 4.78 is 12.5. The number of nitrogens with one attached hydrogen (secondary N) is 1. The lowest BCUT2D eigenvalue weighted by Crippen LogP contribution is -2.13. The van der Waals surface area contributed by atoms with Gasteiger partial charge in [-0.3, -0.25) is 4.39 Å². The fraction of sp³-hybridized carbons (Fsp3) is 0.417. The Hall–Kier alpha value is -1.18. The smallest absolute Gasteiger partial charge is 0.0977 e. The van der Waals surface area contributed by atoms with Crippen molar-refractivity contribution in [2.24, 2.45) is 5.92 Å². The molecule has 0 aliphatic heterocycles. The average Bonchev–Trinajstić information content (AvgIpc) is 2.20. The van der Waals surface area contributed by atoms with E-state index in [-0.39, 0.29) is 11.8 Å². The van der Waals surface area contributed by atoms with Gasteiger partial charge < -0.3 is 5.41 Å². The Morgan fingerprint density at radius 2 is 1.93 bits per heavy atom. The molecule has 0 aliphatic rings. The van der Waals surface area contributed by atoms with Gasteiger partial charge in [0.25, 0.3) is 0 Å². The maximum absolute atomic E-state index is 12.5. The first-order chi connectivity index (χ1) is 6.69. The fourth-order valence-electron chi connectivity index (χ4n) is 1.44. The summed E-state index contributed by atoms with van der Waals surface area (Å²) in [6.45, 7) is 3.52. The largest absolute Gasteiger partial charge is 0.313 e. The molecule has 0 aliphatic carbocycles. The molecule has 2 unspecified atom stereocenters. The van der Waals surface area contributed by atoms with Crippen LogP contribution in [0.4, 0.5) is 4.39 Å². The van der Waals surface area contributed by atoms with Crippen LogP contribution in [0.3, 0.4) is 0 Å². The van der Waals surface area contributed by atoms with Gasteiger partial charge in [0.05, 0.1) is 6.67 Å². The number of rotatable bonds is 4. The number of halogens is 1. The Labute approximate surface area is 84.5 Å². The highest BCUT2D eigenvalue weighted by molar-refractivity contribution is 5.59. The van der Waals surface area contributed by atoms with Crippen LogP contribution < -0.4 is 0 Å². The van der Waals surface area contributed by atoms with E-state index >= 15 is 0 Å². The van der Waals surface area contributed by atoms with E-state index in [4.69, 9.17) is 5.41 Å². The molecule has 0 fully saturated rings. The molecule has 1 N–H and O–H groups in total. The lowest BCUT2D eigenvalue weighted by molar-refractivity contribution is 0.397. The molecule has 1 rings (SSSR count). The third-order valence-corrected chi connectivity index (χ3v) is 2.64. The normalized spacial score (nSPS) is 14.8. The van der Waals surface area contributed by atoms with Gasteiger partial charge >= 0.3 is 0 Å². The molecule has 14 heavy (non-hydrogen) atoms. The minimum atomic E-state index is -0.460. The lowest BCUT2D eigenvalue weighted by atomic mass is 9.89. The van der Waals surface area contributed by atoms with Crippen LogP contribution in [0.15, 0.2) is 24.3 Å². The SMILES string of the molecule is Cc1ccc(C(C)C(C=N)CF)cc1. The Morgan fingerprint density at radius 1 is 1.36 bits per heavy atom. The topological polar surface area (TPSA) is 23.9 Å². The predicted octanol–water partition coefficient (Wildman–Crippen LogP) is 3.33. The van der Waals surface area contributed by atoms with Crippen LogP contribution in [-0.4, -0.2) is 12.9 Å². The van der Waals surface area contributed by atoms with Crippen LogP contribution in [0.5, 0.6) is 0 Å². The van der Waals surface area contributed by atoms with Gasteiger partial charge in [0.15, 0.2) is 0 Å². The third kappa shape index (κ3) is 2.41. The average molecular weight is 193 g/mol. The number of hydrogen-bond donors (Lipinski definition) is 1. The van der Waals surface area contributed by atoms with Crippen molar-refractivity contribution < 1.29 is 4.39 Å². The Bertz CT molecular complexity index is 292. The monoisotopic (exact) mass is 193 g/mol. The van der Waals surface area contributed by atoms with Crippen molar-refractivity contribution in [1.82, 2.24) is 0 Å². The van der Waals surface area contributed by atoms with E-state index in [2.05, 4.69) is 0 Å². The molecular formula is C12H16FN. The van der Waals surface area contributed by atoms with Crippen molar-refractivity contribution in [2.45, 2.75) is 19.8 Å². The number of hydrogen-bond acceptors (Lipinski definition) is 1. The van der Waals surface area contributed by atoms with E-state index in [0.29, 0.717) is 0 Å². The second kappa shape index (κ2) is 4.89. The number of benzene rings is 1. The quantitative estimate of drug-likeness (QED) is 0.709. The van der Waals surface area contributed by atoms with Crippen molar-refractivity contribution >= 4 is 6.21 Å². The van der Waals surface area contributed by atoms with E-state index in [1.165, 1.54) is 11.8 Å². The Morgan fingerprint density at radius 3 is 2.36 bits per heavy atom. The van der Waals surface area contributed by atoms with Gasteiger partial charge in [0, 0.05) is 12.1 Å². The lowest BCUT2D eigenvalue weighted by Gasteiger charge is -2.17. The number of aryl methyl sites for hydroxylation is 1. The highest BCUT2D eigenvalue weighted by Crippen LogP contribution is 2.23. The van der Waals surface area contributed by atoms with E-state index in [0.717, 1.165) is 5.56 Å². The maximum atomic E-state index is 12.5. The molecule has 0 saturated heterocycles. The van der Waals surface area contributed by atoms with Crippen LogP contribution in [0, 0.1) is 18.3 Å². The minimum Gasteiger partial charge on any atom is -0.313 e. The maximum Gasteiger partial charge on any atom is 0.0977 e. The van der Waals surface area contributed by atoms with E-state index < -0.39 is 6.67 Å². The minimum absolute atomic E-state index is 0.0816. The van der Waals surface area contributed by atoms with Crippen molar-refractivity contribution in [3.05, 3.63) is 35.4 Å². The molecule has 1 aromatic carbocycles. The standard InChI is InChI=1S/C12H16FN/c1-9-3-5-11(6-4-9)10(2)12(7-13)8-14/h3-6,8,10,12,14H,7H2,1-2H3. The van der Waals surface area contributed by atoms with Gasteiger partial charge in [-0.2, -0.15) is 0 Å². The van der Waals surface area contributed by atoms with Crippen molar-refractivity contribution in [3.8, 4) is 0 Å². The molecule has 76 valence electrons. The Kier molecular flexibility index (Phi) is 3.81. The zero-order valence-corrected chi connectivity index (χ0v) is 8.63. The molecular weight excluding hydrogens is 177 g/mol. The van der Waals surface area contributed by atoms with Gasteiger partial charge in [-0.25, -0.2) is 0 Å². The van der Waals surface area contributed by atoms with Gasteiger partial charge in [0.2, 0.25) is 0 Å². The molecule has 0 heterocycles. The summed E-state index contributed by atoms with van der Waals surface area (Å²) in [6.07, 6.45) is 1.20. The van der Waals surface area contributed by atoms with E-state index in [9.17, 15) is 4.39 Å². The molecule has 0 saturated carbocycles. The van der Waals surface area contributed by atoms with Crippen LogP contribution in [0.2, 0.25) is 0 Å². The molecule has 1 aromatic rings. The molecule has 0 amide bonds. The first-order valence-electron chi connectivity index (χ1n) is 4.82. The summed E-state index contributed by atoms with van der Waals surface area (Å²) in [5.74, 6) is -0.212. The summed E-state index contributed by atoms with van der Waals surface area (Å²) in [7, 11) is 0. The Balaban J connectivity index is 2.82. The zero-order valence-electron chi connectivity index (χ0n) is 8.63. The molecule has 1 nitrogen and oxygen atoms in total.